The van der Waals surface area contributed by atoms with Crippen LogP contribution in [0.3, 0.4) is 0 Å². The number of nitrogens with one attached hydrogen (secondary N) is 1. The van der Waals surface area contributed by atoms with Crippen molar-refractivity contribution in [2.24, 2.45) is 0 Å². The van der Waals surface area contributed by atoms with Crippen molar-refractivity contribution < 1.29 is 17.7 Å². The Hall–Kier alpha value is -3.20. The van der Waals surface area contributed by atoms with Gasteiger partial charge in [0, 0.05) is 26.9 Å². The largest absolute Gasteiger partial charge is 0.334 e. The number of carbonyl (C=O) groups is 1. The zero-order valence-electron chi connectivity index (χ0n) is 21.7. The van der Waals surface area contributed by atoms with Gasteiger partial charge in [0.25, 0.3) is 5.89 Å². The highest BCUT2D eigenvalue weighted by atomic mass is 35.5. The van der Waals surface area contributed by atoms with Crippen LogP contribution in [0.2, 0.25) is 10.0 Å². The first-order valence-electron chi connectivity index (χ1n) is 13.2. The van der Waals surface area contributed by atoms with Gasteiger partial charge in [-0.3, -0.25) is 4.79 Å². The van der Waals surface area contributed by atoms with Gasteiger partial charge in [-0.1, -0.05) is 64.8 Å². The highest BCUT2D eigenvalue weighted by molar-refractivity contribution is 7.72. The Bertz CT molecular complexity index is 1630. The molecule has 1 atom stereocenters. The molecule has 206 valence electrons. The van der Waals surface area contributed by atoms with Crippen molar-refractivity contribution in [1.82, 2.24) is 10.1 Å². The SMILES string of the molecule is CC(c1ccc(CC(=O)Nc2cc(Cl)c(C3(c4noc(-c5ccc(C6CC6)cc5)n4)CC3)c(Cl)c2)cc1)[SH](=O)=O. The van der Waals surface area contributed by atoms with Gasteiger partial charge in [0.05, 0.1) is 17.1 Å². The third-order valence-electron chi connectivity index (χ3n) is 7.76. The first kappa shape index (κ1) is 27.0. The lowest BCUT2D eigenvalue weighted by Crippen LogP contribution is -2.16. The minimum absolute atomic E-state index is 0.117. The number of halogens is 2. The molecule has 0 spiro atoms. The van der Waals surface area contributed by atoms with Crippen LogP contribution in [0.15, 0.2) is 65.2 Å². The molecule has 2 saturated carbocycles. The van der Waals surface area contributed by atoms with E-state index in [4.69, 9.17) is 32.7 Å². The van der Waals surface area contributed by atoms with Crippen molar-refractivity contribution >= 4 is 45.5 Å². The van der Waals surface area contributed by atoms with E-state index in [0.29, 0.717) is 38.9 Å². The first-order valence-corrected chi connectivity index (χ1v) is 15.2. The Labute approximate surface area is 243 Å². The summed E-state index contributed by atoms with van der Waals surface area (Å²) in [4.78, 5) is 17.4. The fourth-order valence-corrected chi connectivity index (χ4v) is 6.35. The second-order valence-corrected chi connectivity index (χ2v) is 12.8. The van der Waals surface area contributed by atoms with Gasteiger partial charge in [0.1, 0.15) is 10.7 Å². The third kappa shape index (κ3) is 5.40. The maximum atomic E-state index is 12.7. The molecular weight excluding hydrogens is 569 g/mol. The number of nitrogens with zero attached hydrogens (tertiary/aromatic N) is 2. The molecule has 4 aromatic rings. The van der Waals surface area contributed by atoms with E-state index in [1.54, 1.807) is 43.3 Å². The molecule has 0 aliphatic heterocycles. The highest BCUT2D eigenvalue weighted by Crippen LogP contribution is 2.57. The highest BCUT2D eigenvalue weighted by Gasteiger charge is 2.52. The van der Waals surface area contributed by atoms with E-state index in [1.165, 1.54) is 18.4 Å². The van der Waals surface area contributed by atoms with Crippen LogP contribution < -0.4 is 5.32 Å². The molecule has 7 nitrogen and oxygen atoms in total. The molecule has 0 saturated heterocycles. The van der Waals surface area contributed by atoms with E-state index in [1.807, 2.05) is 12.1 Å². The van der Waals surface area contributed by atoms with Crippen LogP contribution in [0.4, 0.5) is 5.69 Å². The van der Waals surface area contributed by atoms with Crippen molar-refractivity contribution in [3.05, 3.63) is 98.8 Å². The average molecular weight is 597 g/mol. The van der Waals surface area contributed by atoms with Gasteiger partial charge in [-0.15, -0.1) is 0 Å². The number of thiol groups is 1. The molecule has 1 heterocycles. The molecule has 10 heteroatoms. The van der Waals surface area contributed by atoms with Crippen LogP contribution in [0.1, 0.15) is 71.9 Å². The number of rotatable bonds is 9. The summed E-state index contributed by atoms with van der Waals surface area (Å²) in [5.74, 6) is 1.45. The molecule has 0 bridgehead atoms. The summed E-state index contributed by atoms with van der Waals surface area (Å²) in [5, 5.41) is 7.41. The van der Waals surface area contributed by atoms with E-state index in [9.17, 15) is 13.2 Å². The molecule has 6 rings (SSSR count). The zero-order chi connectivity index (χ0) is 28.0. The summed E-state index contributed by atoms with van der Waals surface area (Å²) in [6.07, 6.45) is 4.19. The topological polar surface area (TPSA) is 102 Å². The van der Waals surface area contributed by atoms with Crippen molar-refractivity contribution in [2.75, 3.05) is 5.32 Å². The van der Waals surface area contributed by atoms with Crippen LogP contribution in [0, 0.1) is 0 Å². The monoisotopic (exact) mass is 595 g/mol. The molecule has 1 aromatic heterocycles. The lowest BCUT2D eigenvalue weighted by atomic mass is 9.94. The minimum atomic E-state index is -2.55. The van der Waals surface area contributed by atoms with Crippen LogP contribution in [-0.4, -0.2) is 24.5 Å². The number of benzene rings is 3. The Morgan fingerprint density at radius 1 is 1.05 bits per heavy atom. The third-order valence-corrected chi connectivity index (χ3v) is 9.28. The maximum Gasteiger partial charge on any atom is 0.257 e. The molecule has 0 radical (unpaired) electrons. The van der Waals surface area contributed by atoms with Crippen molar-refractivity contribution in [1.29, 1.82) is 0 Å². The lowest BCUT2D eigenvalue weighted by molar-refractivity contribution is -0.115. The summed E-state index contributed by atoms with van der Waals surface area (Å²) in [6, 6.07) is 18.6. The normalized spacial score (nSPS) is 16.6. The molecule has 40 heavy (non-hydrogen) atoms. The second kappa shape index (κ2) is 10.7. The van der Waals surface area contributed by atoms with E-state index in [-0.39, 0.29) is 12.3 Å². The molecule has 2 aliphatic carbocycles. The van der Waals surface area contributed by atoms with Gasteiger partial charge >= 0.3 is 0 Å². The van der Waals surface area contributed by atoms with E-state index >= 15 is 0 Å². The van der Waals surface area contributed by atoms with Crippen LogP contribution in [0.25, 0.3) is 11.5 Å². The summed E-state index contributed by atoms with van der Waals surface area (Å²) in [7, 11) is -2.55. The summed E-state index contributed by atoms with van der Waals surface area (Å²) in [6.45, 7) is 1.63. The lowest BCUT2D eigenvalue weighted by Gasteiger charge is -2.17. The smallest absolute Gasteiger partial charge is 0.257 e. The Balaban J connectivity index is 1.16. The van der Waals surface area contributed by atoms with Gasteiger partial charge in [-0.25, -0.2) is 8.42 Å². The van der Waals surface area contributed by atoms with Crippen LogP contribution in [0.5, 0.6) is 0 Å². The van der Waals surface area contributed by atoms with Crippen LogP contribution in [-0.2, 0) is 27.3 Å². The first-order chi connectivity index (χ1) is 19.2. The predicted octanol–water partition coefficient (Wildman–Crippen LogP) is 6.85. The Morgan fingerprint density at radius 3 is 2.27 bits per heavy atom. The fraction of sp³-hybridized carbons (Fsp3) is 0.300. The number of hydrogen-bond acceptors (Lipinski definition) is 6. The fourth-order valence-electron chi connectivity index (χ4n) is 5.09. The van der Waals surface area contributed by atoms with Crippen molar-refractivity contribution in [3.8, 4) is 11.5 Å². The maximum absolute atomic E-state index is 12.7. The number of amides is 1. The van der Waals surface area contributed by atoms with Crippen LogP contribution >= 0.6 is 23.2 Å². The zero-order valence-corrected chi connectivity index (χ0v) is 24.1. The number of hydrogen-bond donors (Lipinski definition) is 2. The second-order valence-electron chi connectivity index (χ2n) is 10.6. The Kier molecular flexibility index (Phi) is 7.19. The molecular formula is C30H27Cl2N3O4S. The van der Waals surface area contributed by atoms with Crippen molar-refractivity contribution in [3.63, 3.8) is 0 Å². The number of anilines is 1. The Morgan fingerprint density at radius 2 is 1.70 bits per heavy atom. The number of carbonyl (C=O) groups excluding carboxylic acids is 1. The molecule has 1 amide bonds. The summed E-state index contributed by atoms with van der Waals surface area (Å²) in [5.41, 5.74) is 4.35. The quantitative estimate of drug-likeness (QED) is 0.205. The van der Waals surface area contributed by atoms with E-state index in [0.717, 1.165) is 29.5 Å². The predicted molar refractivity (Wildman–Crippen MR) is 156 cm³/mol. The van der Waals surface area contributed by atoms with Gasteiger partial charge in [0.2, 0.25) is 5.91 Å². The molecule has 2 fully saturated rings. The van der Waals surface area contributed by atoms with Gasteiger partial charge in [0.15, 0.2) is 5.82 Å². The minimum Gasteiger partial charge on any atom is -0.334 e. The van der Waals surface area contributed by atoms with Crippen molar-refractivity contribution in [2.45, 2.75) is 55.6 Å². The molecule has 1 N–H and O–H groups in total. The van der Waals surface area contributed by atoms with Gasteiger partial charge in [-0.05, 0) is 79.5 Å². The molecule has 1 unspecified atom stereocenters. The van der Waals surface area contributed by atoms with Gasteiger partial charge < -0.3 is 9.84 Å². The molecule has 2 aliphatic rings. The molecule has 3 aromatic carbocycles. The number of aromatic nitrogens is 2. The summed E-state index contributed by atoms with van der Waals surface area (Å²) >= 11 is 13.5. The standard InChI is InChI=1S/C30H27Cl2N3O4S/c1-17(40(37)38)19-4-2-18(3-5-19)14-26(36)33-23-15-24(31)27(25(32)16-23)30(12-13-30)29-34-28(39-35-29)22-10-8-21(9-11-22)20-6-7-20/h2-5,8-11,15-17,20,40H,6-7,12-14H2,1H3,(H,33,36). The van der Waals surface area contributed by atoms with Gasteiger partial charge in [-0.2, -0.15) is 4.98 Å². The average Bonchev–Trinajstić information content (AvgIpc) is 3.87. The van der Waals surface area contributed by atoms with E-state index in [2.05, 4.69) is 22.6 Å². The van der Waals surface area contributed by atoms with E-state index < -0.39 is 21.4 Å². The summed E-state index contributed by atoms with van der Waals surface area (Å²) < 4.78 is 28.1.